The van der Waals surface area contributed by atoms with Crippen LogP contribution in [0.3, 0.4) is 0 Å². The summed E-state index contributed by atoms with van der Waals surface area (Å²) >= 11 is 0. The van der Waals surface area contributed by atoms with Gasteiger partial charge in [0.05, 0.1) is 6.04 Å². The summed E-state index contributed by atoms with van der Waals surface area (Å²) in [6.45, 7) is 2.21. The van der Waals surface area contributed by atoms with E-state index in [2.05, 4.69) is 16.0 Å². The molecule has 0 unspecified atom stereocenters. The number of rotatable bonds is 10. The van der Waals surface area contributed by atoms with Gasteiger partial charge in [0.15, 0.2) is 5.96 Å². The molecule has 0 aliphatic carbocycles. The molecular weight excluding hydrogens is 260 g/mol. The Morgan fingerprint density at radius 2 is 1.85 bits per heavy atom. The third kappa shape index (κ3) is 8.30. The van der Waals surface area contributed by atoms with E-state index >= 15 is 0 Å². The van der Waals surface area contributed by atoms with Crippen LogP contribution in [0.2, 0.25) is 0 Å². The highest BCUT2D eigenvalue weighted by molar-refractivity contribution is 5.88. The van der Waals surface area contributed by atoms with Crippen LogP contribution in [-0.2, 0) is 9.59 Å². The monoisotopic (exact) mass is 286 g/mol. The highest BCUT2D eigenvalue weighted by Gasteiger charge is 2.19. The summed E-state index contributed by atoms with van der Waals surface area (Å²) in [4.78, 5) is 22.7. The Kier molecular flexibility index (Phi) is 9.10. The molecule has 116 valence electrons. The van der Waals surface area contributed by atoms with Crippen molar-refractivity contribution in [3.05, 3.63) is 0 Å². The summed E-state index contributed by atoms with van der Waals surface area (Å²) in [5, 5.41) is 15.2. The first-order chi connectivity index (χ1) is 9.38. The van der Waals surface area contributed by atoms with E-state index in [1.165, 1.54) is 0 Å². The zero-order chi connectivity index (χ0) is 15.5. The standard InChI is InChI=1S/C12H26N6O2/c1-8(10(13)19)18-11(20)9(16-2)6-4-3-5-7-17-12(14)15/h8-9,16H,3-7H2,1-2H3,(H2,13,19)(H,18,20)(H4,14,15,17)/t8-,9-/m0/s1. The molecule has 0 heterocycles. The summed E-state index contributed by atoms with van der Waals surface area (Å²) < 4.78 is 0. The van der Waals surface area contributed by atoms with Gasteiger partial charge in [-0.05, 0) is 26.8 Å². The SMILES string of the molecule is CN[C@@H](CCCCCNC(=N)N)C(=O)N[C@@H](C)C(N)=O. The number of unbranched alkanes of at least 4 members (excludes halogenated alkanes) is 2. The summed E-state index contributed by atoms with van der Waals surface area (Å²) in [5.41, 5.74) is 10.3. The number of nitrogens with one attached hydrogen (secondary N) is 4. The van der Waals surface area contributed by atoms with E-state index in [0.717, 1.165) is 19.3 Å². The smallest absolute Gasteiger partial charge is 0.239 e. The molecule has 0 aliphatic heterocycles. The molecular formula is C12H26N6O2. The maximum absolute atomic E-state index is 11.9. The van der Waals surface area contributed by atoms with Gasteiger partial charge in [-0.3, -0.25) is 15.0 Å². The van der Waals surface area contributed by atoms with Crippen molar-refractivity contribution in [3.8, 4) is 0 Å². The second-order valence-electron chi connectivity index (χ2n) is 4.66. The van der Waals surface area contributed by atoms with Crippen molar-refractivity contribution >= 4 is 17.8 Å². The number of carbonyl (C=O) groups is 2. The Morgan fingerprint density at radius 3 is 2.35 bits per heavy atom. The lowest BCUT2D eigenvalue weighted by Gasteiger charge is -2.18. The summed E-state index contributed by atoms with van der Waals surface area (Å²) in [5.74, 6) is -0.804. The van der Waals surface area contributed by atoms with Crippen LogP contribution in [0.5, 0.6) is 0 Å². The lowest BCUT2D eigenvalue weighted by atomic mass is 10.1. The number of likely N-dealkylation sites (N-methyl/N-ethyl adjacent to an activating group) is 1. The third-order valence-electron chi connectivity index (χ3n) is 2.94. The second kappa shape index (κ2) is 10.0. The molecule has 0 rings (SSSR count). The highest BCUT2D eigenvalue weighted by atomic mass is 16.2. The number of nitrogens with two attached hydrogens (primary N) is 2. The van der Waals surface area contributed by atoms with Gasteiger partial charge in [0, 0.05) is 6.54 Å². The van der Waals surface area contributed by atoms with Crippen LogP contribution >= 0.6 is 0 Å². The molecule has 0 fully saturated rings. The fraction of sp³-hybridized carbons (Fsp3) is 0.750. The molecule has 0 aromatic rings. The largest absolute Gasteiger partial charge is 0.370 e. The Hall–Kier alpha value is -1.83. The average molecular weight is 286 g/mol. The van der Waals surface area contributed by atoms with Crippen molar-refractivity contribution in [1.82, 2.24) is 16.0 Å². The first-order valence-electron chi connectivity index (χ1n) is 6.73. The first kappa shape index (κ1) is 18.2. The van der Waals surface area contributed by atoms with Crippen molar-refractivity contribution in [2.24, 2.45) is 11.5 Å². The zero-order valence-electron chi connectivity index (χ0n) is 12.2. The van der Waals surface area contributed by atoms with Crippen molar-refractivity contribution < 1.29 is 9.59 Å². The Labute approximate surface area is 119 Å². The number of guanidine groups is 1. The van der Waals surface area contributed by atoms with Crippen LogP contribution < -0.4 is 27.4 Å². The normalized spacial score (nSPS) is 13.3. The van der Waals surface area contributed by atoms with Crippen LogP contribution in [-0.4, -0.2) is 43.5 Å². The fourth-order valence-electron chi connectivity index (χ4n) is 1.66. The Bertz CT molecular complexity index is 334. The van der Waals surface area contributed by atoms with Crippen LogP contribution in [0, 0.1) is 5.41 Å². The van der Waals surface area contributed by atoms with Crippen molar-refractivity contribution in [3.63, 3.8) is 0 Å². The van der Waals surface area contributed by atoms with Gasteiger partial charge in [0.25, 0.3) is 0 Å². The van der Waals surface area contributed by atoms with E-state index < -0.39 is 11.9 Å². The minimum absolute atomic E-state index is 0.0297. The molecule has 8 N–H and O–H groups in total. The molecule has 8 heteroatoms. The van der Waals surface area contributed by atoms with Crippen molar-refractivity contribution in [2.75, 3.05) is 13.6 Å². The molecule has 0 aliphatic rings. The van der Waals surface area contributed by atoms with Crippen LogP contribution in [0.15, 0.2) is 0 Å². The topological polar surface area (TPSA) is 146 Å². The number of carbonyl (C=O) groups excluding carboxylic acids is 2. The summed E-state index contributed by atoms with van der Waals surface area (Å²) in [7, 11) is 1.70. The van der Waals surface area contributed by atoms with Gasteiger partial charge in [-0.15, -0.1) is 0 Å². The van der Waals surface area contributed by atoms with Crippen molar-refractivity contribution in [2.45, 2.75) is 44.7 Å². The second-order valence-corrected chi connectivity index (χ2v) is 4.66. The molecule has 0 aromatic heterocycles. The van der Waals surface area contributed by atoms with Gasteiger partial charge < -0.3 is 27.4 Å². The number of hydrogen-bond acceptors (Lipinski definition) is 4. The molecule has 0 bridgehead atoms. The number of hydrogen-bond donors (Lipinski definition) is 6. The molecule has 2 amide bonds. The van der Waals surface area contributed by atoms with E-state index in [9.17, 15) is 9.59 Å². The van der Waals surface area contributed by atoms with E-state index in [1.54, 1.807) is 14.0 Å². The fourth-order valence-corrected chi connectivity index (χ4v) is 1.66. The average Bonchev–Trinajstić information content (AvgIpc) is 2.37. The van der Waals surface area contributed by atoms with Gasteiger partial charge >= 0.3 is 0 Å². The molecule has 0 saturated carbocycles. The Morgan fingerprint density at radius 1 is 1.20 bits per heavy atom. The third-order valence-corrected chi connectivity index (χ3v) is 2.94. The van der Waals surface area contributed by atoms with Gasteiger partial charge in [0.1, 0.15) is 6.04 Å². The molecule has 8 nitrogen and oxygen atoms in total. The molecule has 2 atom stereocenters. The minimum Gasteiger partial charge on any atom is -0.370 e. The molecule has 0 saturated heterocycles. The molecule has 0 spiro atoms. The lowest BCUT2D eigenvalue weighted by molar-refractivity contribution is -0.128. The van der Waals surface area contributed by atoms with Crippen molar-refractivity contribution in [1.29, 1.82) is 5.41 Å². The number of amides is 2. The van der Waals surface area contributed by atoms with Gasteiger partial charge in [-0.1, -0.05) is 12.8 Å². The Balaban J connectivity index is 3.88. The van der Waals surface area contributed by atoms with E-state index in [4.69, 9.17) is 16.9 Å². The predicted molar refractivity (Wildman–Crippen MR) is 78.0 cm³/mol. The molecule has 0 radical (unpaired) electrons. The van der Waals surface area contributed by atoms with Gasteiger partial charge in [-0.2, -0.15) is 0 Å². The van der Waals surface area contributed by atoms with Crippen LogP contribution in [0.4, 0.5) is 0 Å². The molecule has 20 heavy (non-hydrogen) atoms. The number of primary amides is 1. The molecule has 0 aromatic carbocycles. The van der Waals surface area contributed by atoms with Crippen LogP contribution in [0.25, 0.3) is 0 Å². The van der Waals surface area contributed by atoms with Gasteiger partial charge in [-0.25, -0.2) is 0 Å². The summed E-state index contributed by atoms with van der Waals surface area (Å²) in [6, 6.07) is -1.00. The van der Waals surface area contributed by atoms with E-state index in [0.29, 0.717) is 13.0 Å². The zero-order valence-corrected chi connectivity index (χ0v) is 12.2. The summed E-state index contributed by atoms with van der Waals surface area (Å²) in [6.07, 6.45) is 3.35. The quantitative estimate of drug-likeness (QED) is 0.166. The predicted octanol–water partition coefficient (Wildman–Crippen LogP) is -1.39. The van der Waals surface area contributed by atoms with Crippen LogP contribution in [0.1, 0.15) is 32.6 Å². The van der Waals surface area contributed by atoms with E-state index in [1.807, 2.05) is 0 Å². The lowest BCUT2D eigenvalue weighted by Crippen LogP contribution is -2.49. The van der Waals surface area contributed by atoms with E-state index in [-0.39, 0.29) is 17.9 Å². The maximum atomic E-state index is 11.9. The highest BCUT2D eigenvalue weighted by Crippen LogP contribution is 2.04. The minimum atomic E-state index is -0.668. The van der Waals surface area contributed by atoms with Gasteiger partial charge in [0.2, 0.25) is 11.8 Å². The maximum Gasteiger partial charge on any atom is 0.239 e. The first-order valence-corrected chi connectivity index (χ1v) is 6.73.